The van der Waals surface area contributed by atoms with E-state index >= 15 is 0 Å². The average Bonchev–Trinajstić information content (AvgIpc) is 2.43. The van der Waals surface area contributed by atoms with Crippen LogP contribution in [0.25, 0.3) is 0 Å². The molecule has 1 atom stereocenters. The Morgan fingerprint density at radius 3 is 3.00 bits per heavy atom. The first-order valence-electron chi connectivity index (χ1n) is 7.18. The molecule has 1 amide bonds. The smallest absolute Gasteiger partial charge is 0.227 e. The van der Waals surface area contributed by atoms with Crippen molar-refractivity contribution < 1.29 is 14.3 Å². The van der Waals surface area contributed by atoms with Gasteiger partial charge in [0.25, 0.3) is 0 Å². The summed E-state index contributed by atoms with van der Waals surface area (Å²) in [4.78, 5) is 14.3. The summed E-state index contributed by atoms with van der Waals surface area (Å²) in [6.07, 6.45) is 2.37. The van der Waals surface area contributed by atoms with Gasteiger partial charge in [-0.2, -0.15) is 0 Å². The Kier molecular flexibility index (Phi) is 5.01. The summed E-state index contributed by atoms with van der Waals surface area (Å²) in [6, 6.07) is 5.98. The molecular formula is C16H23NO3. The minimum atomic E-state index is 0.0353. The Balaban J connectivity index is 2.08. The number of aryl methyl sites for hydroxylation is 1. The minimum Gasteiger partial charge on any atom is -0.487 e. The summed E-state index contributed by atoms with van der Waals surface area (Å²) in [5.74, 6) is 0.975. The lowest BCUT2D eigenvalue weighted by atomic mass is 10.1. The number of rotatable bonds is 5. The molecule has 4 heteroatoms. The summed E-state index contributed by atoms with van der Waals surface area (Å²) in [6.45, 7) is 5.36. The van der Waals surface area contributed by atoms with Gasteiger partial charge in [0.15, 0.2) is 0 Å². The Hall–Kier alpha value is -1.55. The number of ether oxygens (including phenoxy) is 2. The Bertz CT molecular complexity index is 473. The minimum absolute atomic E-state index is 0.0353. The summed E-state index contributed by atoms with van der Waals surface area (Å²) in [5, 5.41) is 0. The number of unbranched alkanes of at least 4 members (excludes halogenated alkanes) is 1. The first-order valence-corrected chi connectivity index (χ1v) is 7.18. The van der Waals surface area contributed by atoms with Crippen LogP contribution >= 0.6 is 0 Å². The van der Waals surface area contributed by atoms with Crippen molar-refractivity contribution in [1.82, 2.24) is 0 Å². The third-order valence-corrected chi connectivity index (χ3v) is 3.46. The first-order chi connectivity index (χ1) is 9.61. The van der Waals surface area contributed by atoms with Gasteiger partial charge in [-0.05, 0) is 44.4 Å². The molecule has 0 spiro atoms. The van der Waals surface area contributed by atoms with E-state index in [1.54, 1.807) is 7.11 Å². The number of benzene rings is 1. The molecule has 1 aromatic carbocycles. The van der Waals surface area contributed by atoms with Gasteiger partial charge in [-0.3, -0.25) is 4.79 Å². The predicted octanol–water partition coefficient (Wildman–Crippen LogP) is 2.93. The molecule has 110 valence electrons. The maximum atomic E-state index is 12.4. The van der Waals surface area contributed by atoms with E-state index in [0.717, 1.165) is 29.8 Å². The number of anilines is 1. The van der Waals surface area contributed by atoms with Crippen LogP contribution in [0.15, 0.2) is 18.2 Å². The molecule has 0 radical (unpaired) electrons. The third kappa shape index (κ3) is 3.51. The normalized spacial score (nSPS) is 17.6. The van der Waals surface area contributed by atoms with Crippen LogP contribution in [-0.4, -0.2) is 32.3 Å². The molecular weight excluding hydrogens is 254 g/mol. The molecule has 0 saturated carbocycles. The quantitative estimate of drug-likeness (QED) is 0.777. The van der Waals surface area contributed by atoms with Crippen LogP contribution < -0.4 is 9.64 Å². The number of fused-ring (bicyclic) bond motifs is 1. The monoisotopic (exact) mass is 277 g/mol. The molecule has 1 aliphatic heterocycles. The van der Waals surface area contributed by atoms with Crippen molar-refractivity contribution in [1.29, 1.82) is 0 Å². The van der Waals surface area contributed by atoms with Crippen molar-refractivity contribution in [2.45, 2.75) is 39.2 Å². The lowest BCUT2D eigenvalue weighted by Gasteiger charge is -2.33. The highest BCUT2D eigenvalue weighted by Crippen LogP contribution is 2.34. The molecule has 4 nitrogen and oxygen atoms in total. The van der Waals surface area contributed by atoms with Gasteiger partial charge in [0, 0.05) is 20.1 Å². The van der Waals surface area contributed by atoms with Gasteiger partial charge in [-0.15, -0.1) is 0 Å². The third-order valence-electron chi connectivity index (χ3n) is 3.46. The highest BCUT2D eigenvalue weighted by atomic mass is 16.5. The number of amides is 1. The predicted molar refractivity (Wildman–Crippen MR) is 79.3 cm³/mol. The number of carbonyl (C=O) groups is 1. The number of nitrogens with zero attached hydrogens (tertiary/aromatic N) is 1. The fourth-order valence-electron chi connectivity index (χ4n) is 2.44. The molecule has 1 unspecified atom stereocenters. The van der Waals surface area contributed by atoms with Crippen LogP contribution in [0.2, 0.25) is 0 Å². The van der Waals surface area contributed by atoms with Crippen molar-refractivity contribution in [2.24, 2.45) is 0 Å². The summed E-state index contributed by atoms with van der Waals surface area (Å²) >= 11 is 0. The molecule has 1 aliphatic rings. The molecule has 0 saturated heterocycles. The van der Waals surface area contributed by atoms with Gasteiger partial charge in [0.05, 0.1) is 12.2 Å². The fraction of sp³-hybridized carbons (Fsp3) is 0.562. The van der Waals surface area contributed by atoms with E-state index < -0.39 is 0 Å². The summed E-state index contributed by atoms with van der Waals surface area (Å²) in [7, 11) is 1.69. The number of hydrogen-bond acceptors (Lipinski definition) is 3. The molecule has 1 heterocycles. The van der Waals surface area contributed by atoms with E-state index in [1.165, 1.54) is 0 Å². The van der Waals surface area contributed by atoms with Crippen molar-refractivity contribution in [3.05, 3.63) is 23.8 Å². The molecule has 0 fully saturated rings. The number of hydrogen-bond donors (Lipinski definition) is 0. The second-order valence-electron chi connectivity index (χ2n) is 5.35. The number of carbonyl (C=O) groups excluding carboxylic acids is 1. The molecule has 1 aromatic rings. The van der Waals surface area contributed by atoms with Gasteiger partial charge in [0.1, 0.15) is 11.9 Å². The zero-order valence-electron chi connectivity index (χ0n) is 12.5. The van der Waals surface area contributed by atoms with Crippen molar-refractivity contribution in [2.75, 3.05) is 25.2 Å². The summed E-state index contributed by atoms with van der Waals surface area (Å²) in [5.41, 5.74) is 2.04. The zero-order valence-corrected chi connectivity index (χ0v) is 12.5. The maximum absolute atomic E-state index is 12.4. The molecule has 0 aliphatic carbocycles. The van der Waals surface area contributed by atoms with Crippen LogP contribution in [0.1, 0.15) is 31.7 Å². The van der Waals surface area contributed by atoms with E-state index in [0.29, 0.717) is 19.6 Å². The van der Waals surface area contributed by atoms with Crippen molar-refractivity contribution in [3.8, 4) is 5.75 Å². The molecule has 2 rings (SSSR count). The standard InChI is InChI=1S/C16H23NO3/c1-12-7-8-15-14(10-12)17(11-13(2)20-15)16(18)6-4-5-9-19-3/h7-8,10,13H,4-6,9,11H2,1-3H3. The first kappa shape index (κ1) is 14.9. The van der Waals surface area contributed by atoms with Crippen molar-refractivity contribution in [3.63, 3.8) is 0 Å². The second kappa shape index (κ2) is 6.75. The largest absolute Gasteiger partial charge is 0.487 e. The SMILES string of the molecule is COCCCCC(=O)N1CC(C)Oc2ccc(C)cc21. The lowest BCUT2D eigenvalue weighted by molar-refractivity contribution is -0.119. The van der Waals surface area contributed by atoms with Crippen molar-refractivity contribution >= 4 is 11.6 Å². The Morgan fingerprint density at radius 2 is 2.25 bits per heavy atom. The van der Waals surface area contributed by atoms with E-state index in [9.17, 15) is 4.79 Å². The zero-order chi connectivity index (χ0) is 14.5. The fourth-order valence-corrected chi connectivity index (χ4v) is 2.44. The van der Waals surface area contributed by atoms with Crippen LogP contribution in [0, 0.1) is 6.92 Å². The van der Waals surface area contributed by atoms with Gasteiger partial charge >= 0.3 is 0 Å². The maximum Gasteiger partial charge on any atom is 0.227 e. The van der Waals surface area contributed by atoms with E-state index in [4.69, 9.17) is 9.47 Å². The lowest BCUT2D eigenvalue weighted by Crippen LogP contribution is -2.42. The molecule has 20 heavy (non-hydrogen) atoms. The Labute approximate surface area is 120 Å². The average molecular weight is 277 g/mol. The van der Waals surface area contributed by atoms with E-state index in [-0.39, 0.29) is 12.0 Å². The van der Waals surface area contributed by atoms with Crippen LogP contribution in [-0.2, 0) is 9.53 Å². The topological polar surface area (TPSA) is 38.8 Å². The van der Waals surface area contributed by atoms with Gasteiger partial charge < -0.3 is 14.4 Å². The van der Waals surface area contributed by atoms with Crippen LogP contribution in [0.5, 0.6) is 5.75 Å². The highest BCUT2D eigenvalue weighted by Gasteiger charge is 2.27. The van der Waals surface area contributed by atoms with Gasteiger partial charge in [-0.1, -0.05) is 6.07 Å². The summed E-state index contributed by atoms with van der Waals surface area (Å²) < 4.78 is 10.8. The highest BCUT2D eigenvalue weighted by molar-refractivity contribution is 5.95. The van der Waals surface area contributed by atoms with E-state index in [1.807, 2.05) is 36.9 Å². The van der Waals surface area contributed by atoms with Crippen LogP contribution in [0.3, 0.4) is 0 Å². The molecule has 0 aromatic heterocycles. The van der Waals surface area contributed by atoms with Gasteiger partial charge in [-0.25, -0.2) is 0 Å². The van der Waals surface area contributed by atoms with Gasteiger partial charge in [0.2, 0.25) is 5.91 Å². The second-order valence-corrected chi connectivity index (χ2v) is 5.35. The number of methoxy groups -OCH3 is 1. The molecule has 0 bridgehead atoms. The molecule has 0 N–H and O–H groups in total. The van der Waals surface area contributed by atoms with Crippen LogP contribution in [0.4, 0.5) is 5.69 Å². The Morgan fingerprint density at radius 1 is 1.45 bits per heavy atom. The van der Waals surface area contributed by atoms with E-state index in [2.05, 4.69) is 0 Å².